The van der Waals surface area contributed by atoms with Gasteiger partial charge in [-0.25, -0.2) is 0 Å². The fraction of sp³-hybridized carbons (Fsp3) is 0.148. The fourth-order valence-corrected chi connectivity index (χ4v) is 12.0. The number of aromatic amines is 1. The first kappa shape index (κ1) is 32.4. The van der Waals surface area contributed by atoms with Crippen LogP contribution in [0, 0.1) is 0 Å². The van der Waals surface area contributed by atoms with Gasteiger partial charge in [-0.2, -0.15) is 0 Å². The lowest BCUT2D eigenvalue weighted by Crippen LogP contribution is -2.15. The molecule has 0 saturated carbocycles. The number of aromatic nitrogens is 1. The minimum atomic E-state index is -0.0551. The number of allylic oxidation sites excluding steroid dienone is 3. The van der Waals surface area contributed by atoms with Crippen LogP contribution in [0.25, 0.3) is 71.9 Å². The Morgan fingerprint density at radius 1 is 0.482 bits per heavy atom. The van der Waals surface area contributed by atoms with Gasteiger partial charge >= 0.3 is 0 Å². The summed E-state index contributed by atoms with van der Waals surface area (Å²) in [6.07, 6.45) is 7.42. The molecule has 2 unspecified atom stereocenters. The Labute approximate surface area is 332 Å². The Balaban J connectivity index is 1.02. The summed E-state index contributed by atoms with van der Waals surface area (Å²) in [6, 6.07) is 53.0. The van der Waals surface area contributed by atoms with Crippen LogP contribution in [0.4, 0.5) is 0 Å². The minimum Gasteiger partial charge on any atom is -0.355 e. The molecule has 4 aliphatic rings. The van der Waals surface area contributed by atoms with E-state index in [0.717, 1.165) is 0 Å². The van der Waals surface area contributed by atoms with E-state index in [0.29, 0.717) is 5.25 Å². The van der Waals surface area contributed by atoms with Crippen molar-refractivity contribution in [2.75, 3.05) is 0 Å². The number of rotatable bonds is 3. The third kappa shape index (κ3) is 4.45. The van der Waals surface area contributed by atoms with Gasteiger partial charge in [0.2, 0.25) is 0 Å². The van der Waals surface area contributed by atoms with Crippen LogP contribution in [0.1, 0.15) is 67.0 Å². The highest BCUT2D eigenvalue weighted by atomic mass is 32.2. The molecule has 8 aromatic rings. The number of para-hydroxylation sites is 1. The summed E-state index contributed by atoms with van der Waals surface area (Å²) >= 11 is 2.04. The van der Waals surface area contributed by atoms with Crippen LogP contribution >= 0.6 is 11.8 Å². The van der Waals surface area contributed by atoms with Gasteiger partial charge in [0, 0.05) is 48.7 Å². The predicted octanol–water partition coefficient (Wildman–Crippen LogP) is 14.5. The zero-order valence-electron chi connectivity index (χ0n) is 32.1. The van der Waals surface area contributed by atoms with Crippen LogP contribution in [0.3, 0.4) is 0 Å². The summed E-state index contributed by atoms with van der Waals surface area (Å²) in [4.78, 5) is 5.06. The van der Waals surface area contributed by atoms with Crippen molar-refractivity contribution in [3.63, 3.8) is 0 Å². The van der Waals surface area contributed by atoms with Crippen LogP contribution < -0.4 is 0 Å². The van der Waals surface area contributed by atoms with Crippen molar-refractivity contribution in [3.05, 3.63) is 191 Å². The maximum Gasteiger partial charge on any atom is 0.0465 e. The molecule has 1 N–H and O–H groups in total. The third-order valence-electron chi connectivity index (χ3n) is 13.6. The Hall–Kier alpha value is -5.83. The van der Waals surface area contributed by atoms with Crippen molar-refractivity contribution in [1.29, 1.82) is 0 Å². The van der Waals surface area contributed by atoms with Crippen molar-refractivity contribution in [2.24, 2.45) is 0 Å². The second-order valence-corrected chi connectivity index (χ2v) is 18.5. The van der Waals surface area contributed by atoms with Gasteiger partial charge in [-0.1, -0.05) is 143 Å². The lowest BCUT2D eigenvalue weighted by molar-refractivity contribution is 0.660. The monoisotopic (exact) mass is 735 g/mol. The van der Waals surface area contributed by atoms with E-state index in [1.165, 1.54) is 110 Å². The van der Waals surface area contributed by atoms with E-state index in [9.17, 15) is 0 Å². The predicted molar refractivity (Wildman–Crippen MR) is 238 cm³/mol. The van der Waals surface area contributed by atoms with Gasteiger partial charge in [0.05, 0.1) is 0 Å². The van der Waals surface area contributed by atoms with Crippen molar-refractivity contribution in [2.45, 2.75) is 54.6 Å². The van der Waals surface area contributed by atoms with E-state index in [2.05, 4.69) is 190 Å². The standard InChI is InChI=1S/C54H41NS/c1-53(2)45-14-8-5-11-36(45)38-21-17-32(29-47(38)53)31-20-24-51-43(25-31)44-28-35(33-18-22-39-37-12-6-9-15-46(37)54(3,4)48(39)30-33)27-41(52(44)56-51)34-19-23-50-42(26-34)40-13-7-10-16-49(40)55-50/h5-30,43,51,55H,1-4H3. The van der Waals surface area contributed by atoms with E-state index < -0.39 is 0 Å². The first-order valence-corrected chi connectivity index (χ1v) is 20.9. The average Bonchev–Trinajstić information content (AvgIpc) is 3.92. The van der Waals surface area contributed by atoms with Gasteiger partial charge in [0.15, 0.2) is 0 Å². The molecule has 56 heavy (non-hydrogen) atoms. The molecular weight excluding hydrogens is 695 g/mol. The molecule has 2 atom stereocenters. The second kappa shape index (κ2) is 11.4. The Bertz CT molecular complexity index is 3070. The highest BCUT2D eigenvalue weighted by Crippen LogP contribution is 2.56. The van der Waals surface area contributed by atoms with E-state index in [1.807, 2.05) is 11.8 Å². The van der Waals surface area contributed by atoms with Crippen LogP contribution in [0.5, 0.6) is 0 Å². The highest BCUT2D eigenvalue weighted by molar-refractivity contribution is 8.00. The van der Waals surface area contributed by atoms with Crippen molar-refractivity contribution >= 4 is 39.1 Å². The van der Waals surface area contributed by atoms with Gasteiger partial charge < -0.3 is 4.98 Å². The highest BCUT2D eigenvalue weighted by Gasteiger charge is 2.39. The molecule has 2 heteroatoms. The van der Waals surface area contributed by atoms with E-state index in [4.69, 9.17) is 0 Å². The zero-order valence-corrected chi connectivity index (χ0v) is 32.9. The molecule has 0 bridgehead atoms. The molecule has 0 radical (unpaired) electrons. The molecule has 268 valence electrons. The van der Waals surface area contributed by atoms with Crippen LogP contribution in [-0.2, 0) is 10.8 Å². The van der Waals surface area contributed by atoms with Crippen molar-refractivity contribution < 1.29 is 0 Å². The molecule has 1 aromatic heterocycles. The Morgan fingerprint density at radius 2 is 1.09 bits per heavy atom. The summed E-state index contributed by atoms with van der Waals surface area (Å²) in [5.74, 6) is 0.277. The fourth-order valence-electron chi connectivity index (χ4n) is 10.6. The lowest BCUT2D eigenvalue weighted by atomic mass is 9.80. The number of hydrogen-bond donors (Lipinski definition) is 1. The van der Waals surface area contributed by atoms with Crippen molar-refractivity contribution in [3.8, 4) is 44.5 Å². The summed E-state index contributed by atoms with van der Waals surface area (Å²) in [6.45, 7) is 9.52. The van der Waals surface area contributed by atoms with Crippen LogP contribution in [0.15, 0.2) is 163 Å². The summed E-state index contributed by atoms with van der Waals surface area (Å²) in [5, 5.41) is 2.90. The lowest BCUT2D eigenvalue weighted by Gasteiger charge is -2.23. The molecule has 3 aliphatic carbocycles. The van der Waals surface area contributed by atoms with Gasteiger partial charge in [-0.05, 0) is 126 Å². The van der Waals surface area contributed by atoms with Gasteiger partial charge in [0.1, 0.15) is 0 Å². The Kier molecular flexibility index (Phi) is 6.58. The normalized spacial score (nSPS) is 19.0. The molecule has 12 rings (SSSR count). The molecular formula is C54H41NS. The maximum absolute atomic E-state index is 3.65. The number of fused-ring (bicyclic) bond motifs is 12. The van der Waals surface area contributed by atoms with Crippen LogP contribution in [-0.4, -0.2) is 10.2 Å². The van der Waals surface area contributed by atoms with E-state index in [-0.39, 0.29) is 16.7 Å². The first-order valence-electron chi connectivity index (χ1n) is 20.0. The SMILES string of the molecule is CC1(C)c2ccccc2-c2ccc(C3=CC4c5cc(-c6ccc7c(c6)C(C)(C)c6ccccc6-7)cc(-c6ccc7[nH]c8ccccc8c7c6)c5SC4C=C3)cc21. The Morgan fingerprint density at radius 3 is 1.84 bits per heavy atom. The largest absolute Gasteiger partial charge is 0.355 e. The number of benzene rings is 7. The molecule has 2 heterocycles. The van der Waals surface area contributed by atoms with Gasteiger partial charge in [0.25, 0.3) is 0 Å². The number of nitrogens with one attached hydrogen (secondary N) is 1. The molecule has 1 nitrogen and oxygen atoms in total. The minimum absolute atomic E-state index is 0.0271. The zero-order chi connectivity index (χ0) is 37.5. The number of H-pyrrole nitrogens is 1. The third-order valence-corrected chi connectivity index (χ3v) is 15.0. The quantitative estimate of drug-likeness (QED) is 0.191. The average molecular weight is 736 g/mol. The second-order valence-electron chi connectivity index (χ2n) is 17.3. The number of hydrogen-bond acceptors (Lipinski definition) is 1. The molecule has 1 aliphatic heterocycles. The molecule has 0 fully saturated rings. The first-order chi connectivity index (χ1) is 27.2. The van der Waals surface area contributed by atoms with E-state index >= 15 is 0 Å². The smallest absolute Gasteiger partial charge is 0.0465 e. The van der Waals surface area contributed by atoms with Gasteiger partial charge in [-0.3, -0.25) is 0 Å². The molecule has 0 amide bonds. The topological polar surface area (TPSA) is 15.8 Å². The maximum atomic E-state index is 3.65. The summed E-state index contributed by atoms with van der Waals surface area (Å²) < 4.78 is 0. The van der Waals surface area contributed by atoms with E-state index in [1.54, 1.807) is 0 Å². The molecule has 7 aromatic carbocycles. The van der Waals surface area contributed by atoms with Gasteiger partial charge in [-0.15, -0.1) is 11.8 Å². The summed E-state index contributed by atoms with van der Waals surface area (Å²) in [5.41, 5.74) is 22.7. The molecule has 0 saturated heterocycles. The van der Waals surface area contributed by atoms with Crippen LogP contribution in [0.2, 0.25) is 0 Å². The van der Waals surface area contributed by atoms with Crippen molar-refractivity contribution in [1.82, 2.24) is 4.98 Å². The number of thioether (sulfide) groups is 1. The molecule has 0 spiro atoms. The summed E-state index contributed by atoms with van der Waals surface area (Å²) in [7, 11) is 0.